The lowest BCUT2D eigenvalue weighted by atomic mass is 10.0. The first-order valence-corrected chi connectivity index (χ1v) is 13.0. The quantitative estimate of drug-likeness (QED) is 0.284. The molecule has 5 nitrogen and oxygen atoms in total. The minimum absolute atomic E-state index is 0.187. The highest BCUT2D eigenvalue weighted by Gasteiger charge is 2.31. The van der Waals surface area contributed by atoms with Crippen LogP contribution in [0.1, 0.15) is 25.0 Å². The lowest BCUT2D eigenvalue weighted by molar-refractivity contribution is -0.142. The summed E-state index contributed by atoms with van der Waals surface area (Å²) in [5.41, 5.74) is 1.74. The van der Waals surface area contributed by atoms with E-state index in [1.165, 1.54) is 0 Å². The highest BCUT2D eigenvalue weighted by molar-refractivity contribution is 14.1. The number of hydrogen-bond donors (Lipinski definition) is 1. The molecule has 3 aromatic rings. The van der Waals surface area contributed by atoms with Gasteiger partial charge in [0, 0.05) is 28.1 Å². The third kappa shape index (κ3) is 8.54. The standard InChI is InChI=1S/C28H30ClIN2O3/c1-20(2)17-31-28(34)26(16-21-8-4-3-5-9-21)32(18-22-10-6-7-11-25(22)29)27(33)19-35-24-14-12-23(30)13-15-24/h3-15,20,26H,16-19H2,1-2H3,(H,31,34)/t26-/m0/s1. The van der Waals surface area contributed by atoms with Gasteiger partial charge in [-0.25, -0.2) is 0 Å². The van der Waals surface area contributed by atoms with Gasteiger partial charge in [-0.3, -0.25) is 9.59 Å². The Hall–Kier alpha value is -2.58. The third-order valence-electron chi connectivity index (χ3n) is 5.43. The average molecular weight is 605 g/mol. The van der Waals surface area contributed by atoms with Gasteiger partial charge in [0.15, 0.2) is 6.61 Å². The van der Waals surface area contributed by atoms with Crippen molar-refractivity contribution in [3.63, 3.8) is 0 Å². The first-order valence-electron chi connectivity index (χ1n) is 11.6. The second kappa shape index (κ2) is 13.5. The number of ether oxygens (including phenoxy) is 1. The summed E-state index contributed by atoms with van der Waals surface area (Å²) >= 11 is 8.65. The van der Waals surface area contributed by atoms with E-state index >= 15 is 0 Å². The Morgan fingerprint density at radius 2 is 1.63 bits per heavy atom. The van der Waals surface area contributed by atoms with Crippen LogP contribution in [0.2, 0.25) is 5.02 Å². The van der Waals surface area contributed by atoms with Gasteiger partial charge in [0.2, 0.25) is 5.91 Å². The molecule has 0 fully saturated rings. The lowest BCUT2D eigenvalue weighted by Crippen LogP contribution is -2.52. The van der Waals surface area contributed by atoms with Crippen molar-refractivity contribution >= 4 is 46.0 Å². The van der Waals surface area contributed by atoms with Gasteiger partial charge >= 0.3 is 0 Å². The van der Waals surface area contributed by atoms with Crippen LogP contribution in [0.4, 0.5) is 0 Å². The Morgan fingerprint density at radius 1 is 0.971 bits per heavy atom. The zero-order chi connectivity index (χ0) is 25.2. The molecule has 0 aliphatic heterocycles. The van der Waals surface area contributed by atoms with Gasteiger partial charge in [-0.1, -0.05) is 74.0 Å². The fourth-order valence-electron chi connectivity index (χ4n) is 3.55. The van der Waals surface area contributed by atoms with Crippen molar-refractivity contribution in [3.05, 3.63) is 98.6 Å². The van der Waals surface area contributed by atoms with E-state index in [-0.39, 0.29) is 30.9 Å². The number of nitrogens with zero attached hydrogens (tertiary/aromatic N) is 1. The number of hydrogen-bond acceptors (Lipinski definition) is 3. The van der Waals surface area contributed by atoms with E-state index < -0.39 is 6.04 Å². The predicted octanol–water partition coefficient (Wildman–Crippen LogP) is 5.74. The molecule has 3 aromatic carbocycles. The summed E-state index contributed by atoms with van der Waals surface area (Å²) < 4.78 is 6.87. The Balaban J connectivity index is 1.90. The second-order valence-corrected chi connectivity index (χ2v) is 10.4. The number of benzene rings is 3. The number of amides is 2. The smallest absolute Gasteiger partial charge is 0.261 e. The fourth-order valence-corrected chi connectivity index (χ4v) is 4.10. The summed E-state index contributed by atoms with van der Waals surface area (Å²) in [5.74, 6) is 0.398. The average Bonchev–Trinajstić information content (AvgIpc) is 2.85. The van der Waals surface area contributed by atoms with E-state index in [1.54, 1.807) is 11.0 Å². The number of carbonyl (C=O) groups excluding carboxylic acids is 2. The molecule has 0 radical (unpaired) electrons. The van der Waals surface area contributed by atoms with Crippen LogP contribution in [0, 0.1) is 9.49 Å². The molecule has 0 unspecified atom stereocenters. The zero-order valence-corrected chi connectivity index (χ0v) is 22.8. The van der Waals surface area contributed by atoms with Crippen LogP contribution in [0.15, 0.2) is 78.9 Å². The van der Waals surface area contributed by atoms with Crippen LogP contribution in [0.5, 0.6) is 5.75 Å². The number of carbonyl (C=O) groups is 2. The lowest BCUT2D eigenvalue weighted by Gasteiger charge is -2.32. The highest BCUT2D eigenvalue weighted by Crippen LogP contribution is 2.21. The molecule has 184 valence electrons. The summed E-state index contributed by atoms with van der Waals surface area (Å²) in [4.78, 5) is 28.5. The SMILES string of the molecule is CC(C)CNC(=O)[C@H](Cc1ccccc1)N(Cc1ccccc1Cl)C(=O)COc1ccc(I)cc1. The van der Waals surface area contributed by atoms with Gasteiger partial charge in [0.25, 0.3) is 5.91 Å². The van der Waals surface area contributed by atoms with E-state index in [1.807, 2.05) is 86.6 Å². The van der Waals surface area contributed by atoms with E-state index in [0.29, 0.717) is 23.7 Å². The van der Waals surface area contributed by atoms with E-state index in [9.17, 15) is 9.59 Å². The molecule has 0 saturated heterocycles. The van der Waals surface area contributed by atoms with E-state index in [2.05, 4.69) is 27.9 Å². The Kier molecular flexibility index (Phi) is 10.4. The van der Waals surface area contributed by atoms with Crippen molar-refractivity contribution < 1.29 is 14.3 Å². The summed E-state index contributed by atoms with van der Waals surface area (Å²) in [6.07, 6.45) is 0.379. The fraction of sp³-hybridized carbons (Fsp3) is 0.286. The number of rotatable bonds is 11. The minimum atomic E-state index is -0.722. The third-order valence-corrected chi connectivity index (χ3v) is 6.52. The molecule has 0 aliphatic rings. The summed E-state index contributed by atoms with van der Waals surface area (Å²) in [6.45, 7) is 4.61. The molecular formula is C28H30ClIN2O3. The molecule has 2 amide bonds. The van der Waals surface area contributed by atoms with Crippen molar-refractivity contribution in [1.29, 1.82) is 0 Å². The normalized spacial score (nSPS) is 11.7. The van der Waals surface area contributed by atoms with Crippen molar-refractivity contribution in [2.45, 2.75) is 32.9 Å². The summed E-state index contributed by atoms with van der Waals surface area (Å²) in [5, 5.41) is 3.56. The van der Waals surface area contributed by atoms with Crippen molar-refractivity contribution in [1.82, 2.24) is 10.2 Å². The predicted molar refractivity (Wildman–Crippen MR) is 148 cm³/mol. The summed E-state index contributed by atoms with van der Waals surface area (Å²) in [7, 11) is 0. The molecule has 3 rings (SSSR count). The molecule has 7 heteroatoms. The highest BCUT2D eigenvalue weighted by atomic mass is 127. The topological polar surface area (TPSA) is 58.6 Å². The maximum atomic E-state index is 13.5. The van der Waals surface area contributed by atoms with Crippen molar-refractivity contribution in [2.24, 2.45) is 5.92 Å². The van der Waals surface area contributed by atoms with Crippen LogP contribution in [0.3, 0.4) is 0 Å². The van der Waals surface area contributed by atoms with Gasteiger partial charge in [0.05, 0.1) is 0 Å². The molecule has 0 bridgehead atoms. The molecule has 0 saturated carbocycles. The second-order valence-electron chi connectivity index (χ2n) is 8.70. The molecule has 0 aliphatic carbocycles. The van der Waals surface area contributed by atoms with E-state index in [0.717, 1.165) is 14.7 Å². The van der Waals surface area contributed by atoms with Crippen LogP contribution in [-0.2, 0) is 22.6 Å². The van der Waals surface area contributed by atoms with E-state index in [4.69, 9.17) is 16.3 Å². The number of halogens is 2. The Bertz CT molecular complexity index is 1110. The van der Waals surface area contributed by atoms with Gasteiger partial charge < -0.3 is 15.0 Å². The minimum Gasteiger partial charge on any atom is -0.484 e. The largest absolute Gasteiger partial charge is 0.484 e. The maximum Gasteiger partial charge on any atom is 0.261 e. The van der Waals surface area contributed by atoms with Crippen molar-refractivity contribution in [2.75, 3.05) is 13.2 Å². The molecule has 1 N–H and O–H groups in total. The Labute approximate surface area is 226 Å². The van der Waals surface area contributed by atoms with Gasteiger partial charge in [-0.05, 0) is 70.0 Å². The van der Waals surface area contributed by atoms with Crippen LogP contribution < -0.4 is 10.1 Å². The first kappa shape index (κ1) is 27.0. The van der Waals surface area contributed by atoms with Gasteiger partial charge in [-0.2, -0.15) is 0 Å². The molecule has 0 aromatic heterocycles. The zero-order valence-electron chi connectivity index (χ0n) is 19.9. The molecule has 35 heavy (non-hydrogen) atoms. The Morgan fingerprint density at radius 3 is 2.29 bits per heavy atom. The van der Waals surface area contributed by atoms with Crippen molar-refractivity contribution in [3.8, 4) is 5.75 Å². The number of nitrogens with one attached hydrogen (secondary N) is 1. The first-order chi connectivity index (χ1) is 16.8. The van der Waals surface area contributed by atoms with Crippen LogP contribution in [-0.4, -0.2) is 35.9 Å². The molecule has 0 heterocycles. The summed E-state index contributed by atoms with van der Waals surface area (Å²) in [6, 6.07) is 23.8. The maximum absolute atomic E-state index is 13.5. The van der Waals surface area contributed by atoms with Gasteiger partial charge in [0.1, 0.15) is 11.8 Å². The van der Waals surface area contributed by atoms with Crippen LogP contribution >= 0.6 is 34.2 Å². The van der Waals surface area contributed by atoms with Gasteiger partial charge in [-0.15, -0.1) is 0 Å². The van der Waals surface area contributed by atoms with Crippen LogP contribution in [0.25, 0.3) is 0 Å². The molecule has 1 atom stereocenters. The monoisotopic (exact) mass is 604 g/mol. The molecular weight excluding hydrogens is 575 g/mol. The molecule has 0 spiro atoms.